The molecule has 1 saturated heterocycles. The highest BCUT2D eigenvalue weighted by Gasteiger charge is 2.32. The van der Waals surface area contributed by atoms with E-state index in [-0.39, 0.29) is 25.0 Å². The Hall–Kier alpha value is -2.48. The average molecular weight is 337 g/mol. The molecule has 0 spiro atoms. The summed E-state index contributed by atoms with van der Waals surface area (Å²) in [6.45, 7) is 2.58. The molecule has 0 aromatic heterocycles. The van der Waals surface area contributed by atoms with Crippen molar-refractivity contribution in [3.63, 3.8) is 0 Å². The fourth-order valence-corrected chi connectivity index (χ4v) is 2.45. The maximum absolute atomic E-state index is 12.6. The van der Waals surface area contributed by atoms with E-state index in [9.17, 15) is 14.7 Å². The van der Waals surface area contributed by atoms with Crippen LogP contribution in [0.2, 0.25) is 0 Å². The first kappa shape index (κ1) is 17.9. The number of rotatable bonds is 7. The topological polar surface area (TPSA) is 91.3 Å². The third kappa shape index (κ3) is 4.08. The lowest BCUT2D eigenvalue weighted by Gasteiger charge is -2.21. The van der Waals surface area contributed by atoms with Gasteiger partial charge in [0.05, 0.1) is 26.0 Å². The van der Waals surface area contributed by atoms with Gasteiger partial charge in [-0.1, -0.05) is 0 Å². The molecule has 24 heavy (non-hydrogen) atoms. The van der Waals surface area contributed by atoms with Crippen LogP contribution in [-0.4, -0.2) is 68.4 Å². The van der Waals surface area contributed by atoms with Crippen molar-refractivity contribution in [3.8, 4) is 11.5 Å². The normalized spacial score (nSPS) is 15.4. The Morgan fingerprint density at radius 2 is 2.08 bits per heavy atom. The second kappa shape index (κ2) is 7.87. The van der Waals surface area contributed by atoms with Crippen molar-refractivity contribution in [1.82, 2.24) is 10.2 Å². The summed E-state index contributed by atoms with van der Waals surface area (Å²) in [6.07, 6.45) is -0.624. The molecule has 8 heteroatoms. The van der Waals surface area contributed by atoms with Crippen LogP contribution in [0.4, 0.5) is 10.5 Å². The van der Waals surface area contributed by atoms with Gasteiger partial charge in [-0.05, 0) is 19.1 Å². The predicted molar refractivity (Wildman–Crippen MR) is 88.6 cm³/mol. The molecule has 0 radical (unpaired) electrons. The van der Waals surface area contributed by atoms with Crippen molar-refractivity contribution in [2.24, 2.45) is 0 Å². The van der Waals surface area contributed by atoms with E-state index in [0.29, 0.717) is 30.3 Å². The Labute approximate surface area is 140 Å². The zero-order valence-electron chi connectivity index (χ0n) is 14.1. The van der Waals surface area contributed by atoms with Crippen LogP contribution >= 0.6 is 0 Å². The van der Waals surface area contributed by atoms with Crippen molar-refractivity contribution >= 4 is 17.6 Å². The Kier molecular flexibility index (Phi) is 5.86. The number of aliphatic hydroxyl groups excluding tert-OH is 1. The first-order valence-electron chi connectivity index (χ1n) is 7.69. The summed E-state index contributed by atoms with van der Waals surface area (Å²) >= 11 is 0. The third-order valence-electron chi connectivity index (χ3n) is 3.70. The van der Waals surface area contributed by atoms with Crippen LogP contribution in [0.5, 0.6) is 11.5 Å². The van der Waals surface area contributed by atoms with Crippen molar-refractivity contribution in [3.05, 3.63) is 18.2 Å². The second-order valence-electron chi connectivity index (χ2n) is 5.55. The van der Waals surface area contributed by atoms with Crippen molar-refractivity contribution < 1.29 is 24.2 Å². The number of hydrogen-bond donors (Lipinski definition) is 2. The van der Waals surface area contributed by atoms with E-state index in [1.165, 1.54) is 12.0 Å². The fourth-order valence-electron chi connectivity index (χ4n) is 2.45. The fraction of sp³-hybridized carbons (Fsp3) is 0.500. The van der Waals surface area contributed by atoms with Crippen LogP contribution < -0.4 is 19.7 Å². The van der Waals surface area contributed by atoms with Gasteiger partial charge in [0, 0.05) is 25.7 Å². The lowest BCUT2D eigenvalue weighted by Crippen LogP contribution is -2.41. The molecule has 1 unspecified atom stereocenters. The quantitative estimate of drug-likeness (QED) is 0.753. The summed E-state index contributed by atoms with van der Waals surface area (Å²) in [4.78, 5) is 27.4. The minimum absolute atomic E-state index is 0.0473. The lowest BCUT2D eigenvalue weighted by atomic mass is 10.2. The van der Waals surface area contributed by atoms with Gasteiger partial charge >= 0.3 is 6.03 Å². The molecule has 3 amide bonds. The number of benzene rings is 1. The van der Waals surface area contributed by atoms with Crippen LogP contribution in [-0.2, 0) is 4.79 Å². The molecule has 2 rings (SSSR count). The van der Waals surface area contributed by atoms with Crippen molar-refractivity contribution in [2.45, 2.75) is 13.0 Å². The molecule has 2 N–H and O–H groups in total. The minimum atomic E-state index is -0.624. The molecule has 1 heterocycles. The van der Waals surface area contributed by atoms with Crippen LogP contribution in [0.1, 0.15) is 6.92 Å². The SMILES string of the molecule is COc1ccc(OC)c(N2CCN(CC(=O)NCC(C)O)C2=O)c1. The van der Waals surface area contributed by atoms with E-state index < -0.39 is 6.10 Å². The van der Waals surface area contributed by atoms with Gasteiger partial charge in [-0.15, -0.1) is 0 Å². The van der Waals surface area contributed by atoms with Crippen LogP contribution in [0.25, 0.3) is 0 Å². The smallest absolute Gasteiger partial charge is 0.325 e. The molecule has 1 aromatic rings. The van der Waals surface area contributed by atoms with Gasteiger partial charge in [-0.25, -0.2) is 4.79 Å². The first-order valence-corrected chi connectivity index (χ1v) is 7.69. The Morgan fingerprint density at radius 3 is 2.71 bits per heavy atom. The molecule has 1 aliphatic rings. The molecule has 0 saturated carbocycles. The van der Waals surface area contributed by atoms with Gasteiger partial charge in [-0.3, -0.25) is 9.69 Å². The Bertz CT molecular complexity index is 605. The van der Waals surface area contributed by atoms with Gasteiger partial charge in [0.2, 0.25) is 5.91 Å². The standard InChI is InChI=1S/C16H23N3O5/c1-11(20)9-17-15(21)10-18-6-7-19(16(18)22)13-8-12(23-2)4-5-14(13)24-3/h4-5,8,11,20H,6-7,9-10H2,1-3H3,(H,17,21). The molecular weight excluding hydrogens is 314 g/mol. The Morgan fingerprint density at radius 1 is 1.33 bits per heavy atom. The molecule has 1 aliphatic heterocycles. The molecule has 1 fully saturated rings. The summed E-state index contributed by atoms with van der Waals surface area (Å²) in [5.74, 6) is 0.875. The van der Waals surface area contributed by atoms with Gasteiger partial charge in [-0.2, -0.15) is 0 Å². The first-order chi connectivity index (χ1) is 11.5. The van der Waals surface area contributed by atoms with Crippen LogP contribution in [0.3, 0.4) is 0 Å². The third-order valence-corrected chi connectivity index (χ3v) is 3.70. The number of anilines is 1. The predicted octanol–water partition coefficient (Wildman–Crippen LogP) is 0.443. The largest absolute Gasteiger partial charge is 0.497 e. The zero-order chi connectivity index (χ0) is 17.7. The highest BCUT2D eigenvalue weighted by atomic mass is 16.5. The van der Waals surface area contributed by atoms with Crippen molar-refractivity contribution in [2.75, 3.05) is 45.3 Å². The summed E-state index contributed by atoms with van der Waals surface area (Å²) in [5, 5.41) is 11.8. The molecule has 1 atom stereocenters. The molecule has 8 nitrogen and oxygen atoms in total. The highest BCUT2D eigenvalue weighted by Crippen LogP contribution is 2.34. The number of nitrogens with one attached hydrogen (secondary N) is 1. The number of carbonyl (C=O) groups is 2. The van der Waals surface area contributed by atoms with Gasteiger partial charge in [0.15, 0.2) is 0 Å². The number of ether oxygens (including phenoxy) is 2. The molecule has 0 aliphatic carbocycles. The maximum atomic E-state index is 12.6. The molecule has 1 aromatic carbocycles. The monoisotopic (exact) mass is 337 g/mol. The van der Waals surface area contributed by atoms with E-state index in [4.69, 9.17) is 9.47 Å². The van der Waals surface area contributed by atoms with E-state index >= 15 is 0 Å². The van der Waals surface area contributed by atoms with E-state index in [1.54, 1.807) is 37.1 Å². The number of nitrogens with zero attached hydrogens (tertiary/aromatic N) is 2. The van der Waals surface area contributed by atoms with Gasteiger partial charge in [0.1, 0.15) is 18.0 Å². The van der Waals surface area contributed by atoms with Gasteiger partial charge in [0.25, 0.3) is 0 Å². The summed E-state index contributed by atoms with van der Waals surface area (Å²) in [6, 6.07) is 4.95. The van der Waals surface area contributed by atoms with E-state index in [2.05, 4.69) is 5.32 Å². The minimum Gasteiger partial charge on any atom is -0.497 e. The highest BCUT2D eigenvalue weighted by molar-refractivity contribution is 5.97. The van der Waals surface area contributed by atoms with Crippen LogP contribution in [0, 0.1) is 0 Å². The van der Waals surface area contributed by atoms with E-state index in [1.807, 2.05) is 0 Å². The summed E-state index contributed by atoms with van der Waals surface area (Å²) < 4.78 is 10.5. The number of carbonyl (C=O) groups excluding carboxylic acids is 2. The summed E-state index contributed by atoms with van der Waals surface area (Å²) in [7, 11) is 3.09. The lowest BCUT2D eigenvalue weighted by molar-refractivity contribution is -0.121. The maximum Gasteiger partial charge on any atom is 0.325 e. The summed E-state index contributed by atoms with van der Waals surface area (Å²) in [5.41, 5.74) is 0.605. The van der Waals surface area contributed by atoms with Gasteiger partial charge < -0.3 is 24.8 Å². The second-order valence-corrected chi connectivity index (χ2v) is 5.55. The Balaban J connectivity index is 2.07. The molecular formula is C16H23N3O5. The zero-order valence-corrected chi connectivity index (χ0v) is 14.1. The molecule has 132 valence electrons. The average Bonchev–Trinajstić information content (AvgIpc) is 2.93. The number of amides is 3. The van der Waals surface area contributed by atoms with Crippen molar-refractivity contribution in [1.29, 1.82) is 0 Å². The number of methoxy groups -OCH3 is 2. The number of urea groups is 1. The molecule has 0 bridgehead atoms. The van der Waals surface area contributed by atoms with E-state index in [0.717, 1.165) is 0 Å². The van der Waals surface area contributed by atoms with Crippen LogP contribution in [0.15, 0.2) is 18.2 Å². The number of aliphatic hydroxyl groups is 1. The number of hydrogen-bond acceptors (Lipinski definition) is 5.